The van der Waals surface area contributed by atoms with Crippen molar-refractivity contribution in [1.29, 1.82) is 0 Å². The molecule has 4 fully saturated rings. The molecule has 0 aromatic heterocycles. The van der Waals surface area contributed by atoms with Gasteiger partial charge >= 0.3 is 0 Å². The molecule has 0 saturated carbocycles. The number of nitrogens with zero attached hydrogens (tertiary/aromatic N) is 1. The summed E-state index contributed by atoms with van der Waals surface area (Å²) in [6.45, 7) is 5.62. The number of nitrogens with one attached hydrogen (secondary N) is 2. The molecule has 0 spiro atoms. The van der Waals surface area contributed by atoms with Crippen molar-refractivity contribution in [2.45, 2.75) is 329 Å². The van der Waals surface area contributed by atoms with Crippen molar-refractivity contribution in [1.82, 2.24) is 15.5 Å². The second kappa shape index (κ2) is 59.7. The monoisotopic (exact) mass is 1650 g/mol. The predicted molar refractivity (Wildman–Crippen MR) is 429 cm³/mol. The number of aliphatic hydroxyl groups is 10. The fourth-order valence-corrected chi connectivity index (χ4v) is 18.3. The van der Waals surface area contributed by atoms with Gasteiger partial charge in [0.15, 0.2) is 0 Å². The van der Waals surface area contributed by atoms with Crippen LogP contribution in [-0.4, -0.2) is 296 Å². The Morgan fingerprint density at radius 2 is 0.723 bits per heavy atom. The van der Waals surface area contributed by atoms with E-state index in [4.69, 9.17) is 33.2 Å². The molecule has 650 valence electrons. The minimum absolute atomic E-state index is 0.00233. The van der Waals surface area contributed by atoms with Gasteiger partial charge in [0.1, 0.15) is 81.8 Å². The number of hydrogen-bond donors (Lipinski definition) is 12. The van der Waals surface area contributed by atoms with E-state index < -0.39 is 91.7 Å². The van der Waals surface area contributed by atoms with E-state index in [1.165, 1.54) is 35.3 Å². The van der Waals surface area contributed by atoms with Gasteiger partial charge in [0.2, 0.25) is 17.7 Å². The van der Waals surface area contributed by atoms with Crippen molar-refractivity contribution in [2.75, 3.05) is 110 Å². The Labute approximate surface area is 678 Å². The molecule has 112 heavy (non-hydrogen) atoms. The second-order valence-electron chi connectivity index (χ2n) is 31.5. The van der Waals surface area contributed by atoms with Gasteiger partial charge in [0, 0.05) is 133 Å². The third-order valence-electron chi connectivity index (χ3n) is 21.7. The number of carbonyl (C=O) groups is 8. The average molecular weight is 1660 g/mol. The van der Waals surface area contributed by atoms with Gasteiger partial charge in [-0.05, 0) is 107 Å². The highest BCUT2D eigenvalue weighted by molar-refractivity contribution is 8.00. The predicted octanol–water partition coefficient (Wildman–Crippen LogP) is 6.40. The minimum Gasteiger partial charge on any atom is -0.394 e. The van der Waals surface area contributed by atoms with Crippen molar-refractivity contribution in [3.63, 3.8) is 0 Å². The van der Waals surface area contributed by atoms with Crippen LogP contribution in [0, 0.1) is 23.2 Å². The van der Waals surface area contributed by atoms with Gasteiger partial charge in [-0.1, -0.05) is 72.1 Å². The molecule has 0 radical (unpaired) electrons. The molecule has 0 aromatic carbocycles. The summed E-state index contributed by atoms with van der Waals surface area (Å²) in [7, 11) is 1.59. The van der Waals surface area contributed by atoms with Crippen LogP contribution in [0.3, 0.4) is 0 Å². The van der Waals surface area contributed by atoms with Gasteiger partial charge in [-0.25, -0.2) is 0 Å². The number of Topliss-reactive ketones (excluding diaryl/α,β-unsaturated/α-hetero) is 5. The lowest BCUT2D eigenvalue weighted by atomic mass is 9.83. The minimum atomic E-state index is -1.16. The molecule has 0 bridgehead atoms. The summed E-state index contributed by atoms with van der Waals surface area (Å²) in [5.41, 5.74) is -2.21. The summed E-state index contributed by atoms with van der Waals surface area (Å²) >= 11 is 4.48. The highest BCUT2D eigenvalue weighted by atomic mass is 32.2. The van der Waals surface area contributed by atoms with Crippen LogP contribution < -0.4 is 10.6 Å². The number of hydrogen-bond acceptors (Lipinski definition) is 28. The van der Waals surface area contributed by atoms with Gasteiger partial charge in [0.05, 0.1) is 96.5 Å². The first kappa shape index (κ1) is 101. The van der Waals surface area contributed by atoms with E-state index >= 15 is 0 Å². The first-order chi connectivity index (χ1) is 53.9. The summed E-state index contributed by atoms with van der Waals surface area (Å²) in [6.07, 6.45) is 10.2. The van der Waals surface area contributed by atoms with Gasteiger partial charge in [-0.3, -0.25) is 38.4 Å². The lowest BCUT2D eigenvalue weighted by molar-refractivity contribution is -0.181. The summed E-state index contributed by atoms with van der Waals surface area (Å²) in [4.78, 5) is 107. The largest absolute Gasteiger partial charge is 0.394 e. The quantitative estimate of drug-likeness (QED) is 0.0293. The molecule has 12 N–H and O–H groups in total. The molecule has 28 nitrogen and oxygen atoms in total. The number of rotatable bonds is 67. The van der Waals surface area contributed by atoms with E-state index in [9.17, 15) is 89.4 Å². The number of amides is 3. The molecule has 4 saturated heterocycles. The fourth-order valence-electron chi connectivity index (χ4n) is 14.5. The zero-order valence-electron chi connectivity index (χ0n) is 67.6. The number of carbonyl (C=O) groups excluding carboxylic acids is 8. The molecule has 17 atom stereocenters. The Balaban J connectivity index is 1.27. The molecule has 4 aliphatic rings. The molecule has 0 aromatic rings. The van der Waals surface area contributed by atoms with Crippen LogP contribution >= 0.6 is 35.3 Å². The first-order valence-electron chi connectivity index (χ1n) is 41.9. The zero-order chi connectivity index (χ0) is 82.1. The first-order valence-corrected chi connectivity index (χ1v) is 45.1. The summed E-state index contributed by atoms with van der Waals surface area (Å²) in [5, 5.41) is 106. The molecule has 0 aliphatic carbocycles. The third kappa shape index (κ3) is 40.7. The molecule has 4 heterocycles. The second-order valence-corrected chi connectivity index (χ2v) is 35.1. The van der Waals surface area contributed by atoms with Gasteiger partial charge < -0.3 is 99.8 Å². The van der Waals surface area contributed by atoms with Crippen molar-refractivity contribution < 1.29 is 123 Å². The molecule has 4 rings (SSSR count). The average Bonchev–Trinajstić information content (AvgIpc) is 1.18. The van der Waals surface area contributed by atoms with Crippen LogP contribution in [0.2, 0.25) is 0 Å². The number of likely N-dealkylation sites (tertiary alicyclic amines) is 1. The van der Waals surface area contributed by atoms with Crippen molar-refractivity contribution >= 4 is 81.9 Å². The molecular weight excluding hydrogens is 1510 g/mol. The molecular formula is C81H143N3O25S3. The summed E-state index contributed by atoms with van der Waals surface area (Å²) in [5.74, 6) is 0.967. The number of methoxy groups -OCH3 is 1. The lowest BCUT2D eigenvalue weighted by Gasteiger charge is -2.40. The van der Waals surface area contributed by atoms with Crippen LogP contribution in [-0.2, 0) is 71.5 Å². The van der Waals surface area contributed by atoms with E-state index in [2.05, 4.69) is 10.6 Å². The van der Waals surface area contributed by atoms with E-state index in [1.807, 2.05) is 0 Å². The zero-order valence-corrected chi connectivity index (χ0v) is 70.1. The molecule has 15 unspecified atom stereocenters. The van der Waals surface area contributed by atoms with E-state index in [-0.39, 0.29) is 147 Å². The van der Waals surface area contributed by atoms with Gasteiger partial charge in [0.25, 0.3) is 0 Å². The normalized spacial score (nSPS) is 26.6. The van der Waals surface area contributed by atoms with E-state index in [0.29, 0.717) is 185 Å². The van der Waals surface area contributed by atoms with E-state index in [0.717, 1.165) is 57.8 Å². The summed E-state index contributed by atoms with van der Waals surface area (Å²) < 4.78 is 41.4. The van der Waals surface area contributed by atoms with Gasteiger partial charge in [-0.15, -0.1) is 35.3 Å². The standard InChI is InChI=1S/C81H143N3O25S3/c1-56-72(97)75(100)66(49-85)107-78(56)110-43-22-19-30-60(88)26-14-11-16-28-62(90)35-40-104-53-81(47-64(92)32-13-9-7-5-6-8-10-18-34-71(96)84-48-65(93)46-59(84)52-103-4,54-105-41-36-63(91)29-17-12-15-27-61(89)31-20-23-44-111-79-57(2)73(98)76(101)67(50-86)108-79)55-106-42-37-70(95)83-39-25-38-82-69(94)33-21-24-45-112-80-58(3)74(99)77(102)68(51-87)109-80/h56-59,65-68,72-80,85-87,93,97-102H,5-55H2,1-4H3,(H,82,94)(H,83,95)/t56?,57?,58?,59-,65+,66?,67?,68?,72?,73?,74?,75?,76?,77?,78?,79?,80?,81?/m0/s1. The third-order valence-corrected chi connectivity index (χ3v) is 25.9. The van der Waals surface area contributed by atoms with Crippen molar-refractivity contribution in [2.24, 2.45) is 23.2 Å². The highest BCUT2D eigenvalue weighted by Gasteiger charge is 2.45. The number of β-amino-alcohol motifs (C(OH)–C–C–N with tert-alkyl or cyclic N) is 1. The number of thioether (sulfide) groups is 3. The lowest BCUT2D eigenvalue weighted by Crippen LogP contribution is -2.53. The smallest absolute Gasteiger partial charge is 0.222 e. The Morgan fingerprint density at radius 1 is 0.402 bits per heavy atom. The van der Waals surface area contributed by atoms with E-state index in [1.54, 1.807) is 32.8 Å². The van der Waals surface area contributed by atoms with Gasteiger partial charge in [-0.2, -0.15) is 0 Å². The number of unbranched alkanes of at least 4 members (excludes halogenated alkanes) is 14. The molecule has 4 aliphatic heterocycles. The maximum absolute atomic E-state index is 14.2. The Hall–Kier alpha value is -2.87. The number of aliphatic hydroxyl groups excluding tert-OH is 10. The Bertz CT molecular complexity index is 2410. The van der Waals surface area contributed by atoms with Crippen LogP contribution in [0.4, 0.5) is 0 Å². The highest BCUT2D eigenvalue weighted by Crippen LogP contribution is 2.37. The van der Waals surface area contributed by atoms with Crippen molar-refractivity contribution in [3.8, 4) is 0 Å². The maximum Gasteiger partial charge on any atom is 0.222 e. The Morgan fingerprint density at radius 3 is 1.11 bits per heavy atom. The van der Waals surface area contributed by atoms with Crippen LogP contribution in [0.25, 0.3) is 0 Å². The van der Waals surface area contributed by atoms with Crippen LogP contribution in [0.15, 0.2) is 0 Å². The van der Waals surface area contributed by atoms with Crippen molar-refractivity contribution in [3.05, 3.63) is 0 Å². The fraction of sp³-hybridized carbons (Fsp3) is 0.901. The SMILES string of the molecule is COC[C@@H]1C[C@@H](O)CN1C(=O)CCCCCCCCCCC(=O)CC(COCCC(=O)CCCCCC(=O)CCCCSC1OC(CO)C(O)C(O)C1C)(COCCC(=O)CCCCCC(=O)CCCCSC1OC(CO)C(O)C(O)C1C)COCCC(=O)NCCCNC(=O)CCCCSC1OC(CO)C(O)C(O)C1C. The maximum atomic E-state index is 14.2. The molecule has 31 heteroatoms. The van der Waals surface area contributed by atoms with Crippen LogP contribution in [0.5, 0.6) is 0 Å². The number of ether oxygens (including phenoxy) is 7. The molecule has 3 amide bonds. The summed E-state index contributed by atoms with van der Waals surface area (Å²) in [6, 6.07) is -0.0982. The number of ketones is 5. The Kier molecular flexibility index (Phi) is 54.1. The van der Waals surface area contributed by atoms with Crippen LogP contribution in [0.1, 0.15) is 245 Å². The topological polar surface area (TPSA) is 431 Å².